The van der Waals surface area contributed by atoms with Crippen molar-refractivity contribution in [1.29, 1.82) is 0 Å². The van der Waals surface area contributed by atoms with Gasteiger partial charge in [-0.2, -0.15) is 4.98 Å². The molecule has 10 heteroatoms. The lowest BCUT2D eigenvalue weighted by Gasteiger charge is -2.22. The summed E-state index contributed by atoms with van der Waals surface area (Å²) in [7, 11) is 0. The number of anilines is 2. The SMILES string of the molecule is CCOC(Cc1c(N(C(C)=O)C(C)=O)nc(NC(C)=O)[nH]c1=O)OCC. The molecule has 1 rings (SSSR count). The lowest BCUT2D eigenvalue weighted by atomic mass is 10.2. The van der Waals surface area contributed by atoms with Crippen LogP contribution < -0.4 is 15.8 Å². The number of rotatable bonds is 8. The number of nitrogens with zero attached hydrogens (tertiary/aromatic N) is 2. The first kappa shape index (κ1) is 21.5. The van der Waals surface area contributed by atoms with Crippen molar-refractivity contribution in [3.8, 4) is 0 Å². The molecule has 26 heavy (non-hydrogen) atoms. The summed E-state index contributed by atoms with van der Waals surface area (Å²) in [5.74, 6) is -2.03. The van der Waals surface area contributed by atoms with Crippen molar-refractivity contribution >= 4 is 29.5 Å². The van der Waals surface area contributed by atoms with Gasteiger partial charge in [0.25, 0.3) is 5.56 Å². The zero-order valence-electron chi connectivity index (χ0n) is 15.5. The smallest absolute Gasteiger partial charge is 0.257 e. The van der Waals surface area contributed by atoms with E-state index in [1.165, 1.54) is 20.8 Å². The van der Waals surface area contributed by atoms with Crippen LogP contribution in [0.5, 0.6) is 0 Å². The van der Waals surface area contributed by atoms with Gasteiger partial charge in [0.1, 0.15) is 0 Å². The topological polar surface area (TPSA) is 131 Å². The van der Waals surface area contributed by atoms with E-state index < -0.39 is 29.6 Å². The molecule has 2 N–H and O–H groups in total. The first-order valence-electron chi connectivity index (χ1n) is 8.16. The minimum Gasteiger partial charge on any atom is -0.353 e. The van der Waals surface area contributed by atoms with Crippen molar-refractivity contribution in [2.45, 2.75) is 47.3 Å². The molecule has 0 spiro atoms. The third-order valence-electron chi connectivity index (χ3n) is 3.21. The minimum absolute atomic E-state index is 0.0310. The highest BCUT2D eigenvalue weighted by Gasteiger charge is 2.26. The zero-order valence-corrected chi connectivity index (χ0v) is 15.5. The number of ether oxygens (including phenoxy) is 2. The van der Waals surface area contributed by atoms with E-state index in [9.17, 15) is 19.2 Å². The Kier molecular flexibility index (Phi) is 8.07. The van der Waals surface area contributed by atoms with Crippen molar-refractivity contribution in [2.75, 3.05) is 23.4 Å². The van der Waals surface area contributed by atoms with Crippen LogP contribution in [0.2, 0.25) is 0 Å². The fourth-order valence-corrected chi connectivity index (χ4v) is 2.31. The van der Waals surface area contributed by atoms with Gasteiger partial charge in [-0.25, -0.2) is 4.90 Å². The highest BCUT2D eigenvalue weighted by atomic mass is 16.7. The molecule has 144 valence electrons. The fourth-order valence-electron chi connectivity index (χ4n) is 2.31. The molecular formula is C16H24N4O6. The van der Waals surface area contributed by atoms with Crippen LogP contribution in [0.1, 0.15) is 40.2 Å². The molecule has 0 aliphatic carbocycles. The van der Waals surface area contributed by atoms with Crippen LogP contribution >= 0.6 is 0 Å². The van der Waals surface area contributed by atoms with E-state index >= 15 is 0 Å². The van der Waals surface area contributed by atoms with Crippen LogP contribution in [0.4, 0.5) is 11.8 Å². The second-order valence-corrected chi connectivity index (χ2v) is 5.32. The van der Waals surface area contributed by atoms with Crippen LogP contribution in [-0.2, 0) is 30.3 Å². The molecule has 1 heterocycles. The first-order valence-corrected chi connectivity index (χ1v) is 8.16. The molecule has 1 aromatic heterocycles. The fraction of sp³-hybridized carbons (Fsp3) is 0.562. The van der Waals surface area contributed by atoms with Gasteiger partial charge >= 0.3 is 0 Å². The molecule has 3 amide bonds. The van der Waals surface area contributed by atoms with E-state index in [1.807, 2.05) is 0 Å². The summed E-state index contributed by atoms with van der Waals surface area (Å²) in [4.78, 5) is 54.9. The van der Waals surface area contributed by atoms with Gasteiger partial charge < -0.3 is 9.47 Å². The van der Waals surface area contributed by atoms with Gasteiger partial charge in [0.05, 0.1) is 5.56 Å². The van der Waals surface area contributed by atoms with E-state index in [2.05, 4.69) is 15.3 Å². The third-order valence-corrected chi connectivity index (χ3v) is 3.21. The van der Waals surface area contributed by atoms with E-state index in [0.29, 0.717) is 13.2 Å². The molecule has 0 aliphatic heterocycles. The van der Waals surface area contributed by atoms with Crippen LogP contribution in [0.15, 0.2) is 4.79 Å². The molecule has 0 unspecified atom stereocenters. The summed E-state index contributed by atoms with van der Waals surface area (Å²) < 4.78 is 10.9. The van der Waals surface area contributed by atoms with Crippen LogP contribution in [-0.4, -0.2) is 47.2 Å². The molecule has 0 saturated heterocycles. The Morgan fingerprint density at radius 1 is 1.12 bits per heavy atom. The van der Waals surface area contributed by atoms with E-state index in [1.54, 1.807) is 13.8 Å². The standard InChI is InChI=1S/C16H24N4O6/c1-6-25-13(26-7-2)8-12-14(20(10(4)22)11(5)23)18-16(17-9(3)21)19-15(12)24/h13H,6-8H2,1-5H3,(H2,17,18,19,21,24). The second kappa shape index (κ2) is 9.78. The minimum atomic E-state index is -0.751. The van der Waals surface area contributed by atoms with Crippen molar-refractivity contribution in [3.05, 3.63) is 15.9 Å². The van der Waals surface area contributed by atoms with E-state index in [4.69, 9.17) is 9.47 Å². The van der Waals surface area contributed by atoms with Crippen molar-refractivity contribution < 1.29 is 23.9 Å². The van der Waals surface area contributed by atoms with Crippen LogP contribution in [0.25, 0.3) is 0 Å². The number of H-pyrrole nitrogens is 1. The largest absolute Gasteiger partial charge is 0.353 e. The molecule has 10 nitrogen and oxygen atoms in total. The summed E-state index contributed by atoms with van der Waals surface area (Å²) in [6, 6.07) is 0. The summed E-state index contributed by atoms with van der Waals surface area (Å²) in [5.41, 5.74) is -0.577. The monoisotopic (exact) mass is 368 g/mol. The molecule has 0 saturated carbocycles. The average molecular weight is 368 g/mol. The van der Waals surface area contributed by atoms with Gasteiger partial charge in [0.15, 0.2) is 12.1 Å². The van der Waals surface area contributed by atoms with Crippen molar-refractivity contribution in [3.63, 3.8) is 0 Å². The van der Waals surface area contributed by atoms with Gasteiger partial charge in [0.2, 0.25) is 23.7 Å². The van der Waals surface area contributed by atoms with Crippen LogP contribution in [0, 0.1) is 0 Å². The summed E-state index contributed by atoms with van der Waals surface area (Å²) >= 11 is 0. The Hall–Kier alpha value is -2.59. The van der Waals surface area contributed by atoms with Crippen molar-refractivity contribution in [1.82, 2.24) is 9.97 Å². The number of nitrogens with one attached hydrogen (secondary N) is 2. The molecule has 0 radical (unpaired) electrons. The zero-order chi connectivity index (χ0) is 19.9. The number of imide groups is 1. The summed E-state index contributed by atoms with van der Waals surface area (Å²) in [5, 5.41) is 2.33. The number of carbonyl (C=O) groups excluding carboxylic acids is 3. The maximum Gasteiger partial charge on any atom is 0.257 e. The van der Waals surface area contributed by atoms with Crippen LogP contribution in [0.3, 0.4) is 0 Å². The predicted molar refractivity (Wildman–Crippen MR) is 93.7 cm³/mol. The Morgan fingerprint density at radius 2 is 1.65 bits per heavy atom. The first-order chi connectivity index (χ1) is 12.2. The summed E-state index contributed by atoms with van der Waals surface area (Å²) in [6.07, 6.45) is -0.782. The maximum absolute atomic E-state index is 12.5. The number of hydrogen-bond donors (Lipinski definition) is 2. The normalized spacial score (nSPS) is 10.7. The van der Waals surface area contributed by atoms with Crippen molar-refractivity contribution in [2.24, 2.45) is 0 Å². The number of aromatic amines is 1. The lowest BCUT2D eigenvalue weighted by Crippen LogP contribution is -2.38. The molecule has 0 aliphatic rings. The molecule has 0 aromatic carbocycles. The predicted octanol–water partition coefficient (Wildman–Crippen LogP) is 0.569. The molecule has 1 aromatic rings. The van der Waals surface area contributed by atoms with Gasteiger partial charge in [-0.15, -0.1) is 0 Å². The maximum atomic E-state index is 12.5. The number of aromatic nitrogens is 2. The van der Waals surface area contributed by atoms with Gasteiger partial charge in [-0.05, 0) is 13.8 Å². The Morgan fingerprint density at radius 3 is 2.08 bits per heavy atom. The van der Waals surface area contributed by atoms with E-state index in [-0.39, 0.29) is 23.8 Å². The number of hydrogen-bond acceptors (Lipinski definition) is 7. The van der Waals surface area contributed by atoms with E-state index in [0.717, 1.165) is 4.90 Å². The Balaban J connectivity index is 3.50. The third kappa shape index (κ3) is 5.74. The van der Waals surface area contributed by atoms with Gasteiger partial charge in [-0.3, -0.25) is 29.5 Å². The Bertz CT molecular complexity index is 710. The summed E-state index contributed by atoms with van der Waals surface area (Å²) in [6.45, 7) is 7.82. The average Bonchev–Trinajstić information content (AvgIpc) is 2.49. The molecule has 0 fully saturated rings. The number of carbonyl (C=O) groups is 3. The lowest BCUT2D eigenvalue weighted by molar-refractivity contribution is -0.135. The molecule has 0 atom stereocenters. The van der Waals surface area contributed by atoms with Gasteiger partial charge in [-0.1, -0.05) is 0 Å². The van der Waals surface area contributed by atoms with Gasteiger partial charge in [0, 0.05) is 40.4 Å². The highest BCUT2D eigenvalue weighted by molar-refractivity contribution is 6.13. The Labute approximate surface area is 150 Å². The number of amides is 3. The quantitative estimate of drug-likeness (QED) is 0.641. The second-order valence-electron chi connectivity index (χ2n) is 5.32. The molecule has 0 bridgehead atoms. The molecular weight excluding hydrogens is 344 g/mol. The highest BCUT2D eigenvalue weighted by Crippen LogP contribution is 2.20.